The summed E-state index contributed by atoms with van der Waals surface area (Å²) in [5, 5.41) is 1.15. The fourth-order valence-electron chi connectivity index (χ4n) is 3.59. The number of hydrogen-bond acceptors (Lipinski definition) is 4. The Labute approximate surface area is 170 Å². The molecular formula is C24H25N3O2. The first-order valence-corrected chi connectivity index (χ1v) is 9.87. The Morgan fingerprint density at radius 3 is 2.62 bits per heavy atom. The van der Waals surface area contributed by atoms with E-state index in [9.17, 15) is 0 Å². The van der Waals surface area contributed by atoms with E-state index in [1.807, 2.05) is 48.5 Å². The summed E-state index contributed by atoms with van der Waals surface area (Å²) in [6, 6.07) is 19.9. The number of aromatic nitrogens is 2. The summed E-state index contributed by atoms with van der Waals surface area (Å²) in [5.74, 6) is 2.24. The number of nitrogens with zero attached hydrogens (tertiary/aromatic N) is 1. The van der Waals surface area contributed by atoms with Gasteiger partial charge in [-0.15, -0.1) is 0 Å². The Morgan fingerprint density at radius 1 is 0.966 bits per heavy atom. The third-order valence-corrected chi connectivity index (χ3v) is 4.97. The Hall–Kier alpha value is -3.31. The minimum Gasteiger partial charge on any atom is -0.481 e. The lowest BCUT2D eigenvalue weighted by molar-refractivity contribution is 0.399. The van der Waals surface area contributed by atoms with Gasteiger partial charge in [0.15, 0.2) is 0 Å². The predicted octanol–water partition coefficient (Wildman–Crippen LogP) is 5.31. The van der Waals surface area contributed by atoms with Crippen molar-refractivity contribution in [3.8, 4) is 28.6 Å². The monoisotopic (exact) mass is 387 g/mol. The highest BCUT2D eigenvalue weighted by molar-refractivity contribution is 5.92. The molecule has 2 aromatic carbocycles. The lowest BCUT2D eigenvalue weighted by Crippen LogP contribution is -2.00. The second-order valence-corrected chi connectivity index (χ2v) is 6.91. The van der Waals surface area contributed by atoms with Crippen molar-refractivity contribution in [2.24, 2.45) is 5.73 Å². The number of ether oxygens (including phenoxy) is 2. The zero-order valence-electron chi connectivity index (χ0n) is 16.5. The van der Waals surface area contributed by atoms with Crippen molar-refractivity contribution in [3.63, 3.8) is 0 Å². The minimum absolute atomic E-state index is 0.611. The maximum Gasteiger partial charge on any atom is 0.222 e. The molecule has 0 saturated carbocycles. The van der Waals surface area contributed by atoms with Crippen LogP contribution in [-0.4, -0.2) is 23.6 Å². The largest absolute Gasteiger partial charge is 0.481 e. The lowest BCUT2D eigenvalue weighted by Gasteiger charge is -2.09. The van der Waals surface area contributed by atoms with Gasteiger partial charge in [0, 0.05) is 17.1 Å². The van der Waals surface area contributed by atoms with E-state index in [4.69, 9.17) is 15.2 Å². The zero-order valence-corrected chi connectivity index (χ0v) is 16.5. The number of para-hydroxylation sites is 1. The van der Waals surface area contributed by atoms with Crippen molar-refractivity contribution in [3.05, 3.63) is 72.4 Å². The number of hydrogen-bond donors (Lipinski definition) is 2. The second kappa shape index (κ2) is 8.80. The number of benzene rings is 2. The van der Waals surface area contributed by atoms with E-state index in [-0.39, 0.29) is 0 Å². The molecule has 5 nitrogen and oxygen atoms in total. The summed E-state index contributed by atoms with van der Waals surface area (Å²) in [5.41, 5.74) is 10.0. The fourth-order valence-corrected chi connectivity index (χ4v) is 3.59. The Kier molecular flexibility index (Phi) is 5.77. The number of nitrogens with one attached hydrogen (secondary N) is 1. The van der Waals surface area contributed by atoms with Crippen LogP contribution in [0.4, 0.5) is 0 Å². The van der Waals surface area contributed by atoms with Gasteiger partial charge in [-0.1, -0.05) is 18.2 Å². The number of rotatable bonds is 8. The smallest absolute Gasteiger partial charge is 0.222 e. The molecule has 29 heavy (non-hydrogen) atoms. The van der Waals surface area contributed by atoms with Crippen LogP contribution in [0.2, 0.25) is 0 Å². The molecule has 4 aromatic rings. The van der Waals surface area contributed by atoms with E-state index >= 15 is 0 Å². The average molecular weight is 387 g/mol. The number of fused-ring (bicyclic) bond motifs is 1. The van der Waals surface area contributed by atoms with Crippen LogP contribution in [0.5, 0.6) is 17.4 Å². The number of nitrogens with two attached hydrogens (primary N) is 1. The van der Waals surface area contributed by atoms with Crippen molar-refractivity contribution in [2.45, 2.75) is 19.3 Å². The number of pyridine rings is 1. The zero-order chi connectivity index (χ0) is 20.1. The van der Waals surface area contributed by atoms with Crippen LogP contribution in [0.3, 0.4) is 0 Å². The molecule has 0 aliphatic heterocycles. The molecule has 2 heterocycles. The van der Waals surface area contributed by atoms with Crippen molar-refractivity contribution in [2.75, 3.05) is 13.7 Å². The number of unbranched alkanes of at least 4 members (excludes halogenated alkanes) is 1. The van der Waals surface area contributed by atoms with Crippen LogP contribution in [-0.2, 0) is 6.42 Å². The number of methoxy groups -OCH3 is 1. The highest BCUT2D eigenvalue weighted by Crippen LogP contribution is 2.37. The summed E-state index contributed by atoms with van der Waals surface area (Å²) in [6.45, 7) is 0.691. The highest BCUT2D eigenvalue weighted by atomic mass is 16.5. The van der Waals surface area contributed by atoms with Crippen LogP contribution in [0.15, 0.2) is 66.9 Å². The first kappa shape index (κ1) is 19.0. The van der Waals surface area contributed by atoms with Gasteiger partial charge in [0.2, 0.25) is 5.88 Å². The number of H-pyrrole nitrogens is 1. The van der Waals surface area contributed by atoms with E-state index in [0.29, 0.717) is 12.4 Å². The normalized spacial score (nSPS) is 11.0. The molecule has 0 fully saturated rings. The maximum atomic E-state index is 6.06. The molecule has 2 aromatic heterocycles. The second-order valence-electron chi connectivity index (χ2n) is 6.91. The van der Waals surface area contributed by atoms with Gasteiger partial charge in [0.1, 0.15) is 11.5 Å². The third-order valence-electron chi connectivity index (χ3n) is 4.97. The summed E-state index contributed by atoms with van der Waals surface area (Å²) in [4.78, 5) is 7.93. The third kappa shape index (κ3) is 4.10. The Morgan fingerprint density at radius 2 is 1.83 bits per heavy atom. The van der Waals surface area contributed by atoms with Gasteiger partial charge < -0.3 is 20.2 Å². The molecule has 0 aliphatic carbocycles. The van der Waals surface area contributed by atoms with Gasteiger partial charge >= 0.3 is 0 Å². The van der Waals surface area contributed by atoms with Crippen molar-refractivity contribution >= 4 is 10.9 Å². The van der Waals surface area contributed by atoms with Crippen LogP contribution < -0.4 is 15.2 Å². The maximum absolute atomic E-state index is 6.06. The van der Waals surface area contributed by atoms with Crippen LogP contribution in [0, 0.1) is 0 Å². The van der Waals surface area contributed by atoms with Crippen LogP contribution >= 0.6 is 0 Å². The molecule has 0 unspecified atom stereocenters. The summed E-state index contributed by atoms with van der Waals surface area (Å²) in [6.07, 6.45) is 4.66. The molecular weight excluding hydrogens is 362 g/mol. The highest BCUT2D eigenvalue weighted by Gasteiger charge is 2.17. The summed E-state index contributed by atoms with van der Waals surface area (Å²) >= 11 is 0. The Bertz CT molecular complexity index is 1090. The van der Waals surface area contributed by atoms with E-state index in [0.717, 1.165) is 52.9 Å². The molecule has 5 heteroatoms. The van der Waals surface area contributed by atoms with Crippen molar-refractivity contribution in [1.82, 2.24) is 9.97 Å². The molecule has 0 atom stereocenters. The number of aromatic amines is 1. The van der Waals surface area contributed by atoms with Gasteiger partial charge in [-0.3, -0.25) is 0 Å². The molecule has 148 valence electrons. The molecule has 0 saturated heterocycles. The first-order chi connectivity index (χ1) is 14.3. The summed E-state index contributed by atoms with van der Waals surface area (Å²) < 4.78 is 11.6. The van der Waals surface area contributed by atoms with E-state index in [1.54, 1.807) is 13.3 Å². The molecule has 0 aliphatic rings. The molecule has 0 bridgehead atoms. The van der Waals surface area contributed by atoms with E-state index < -0.39 is 0 Å². The van der Waals surface area contributed by atoms with Crippen LogP contribution in [0.25, 0.3) is 22.2 Å². The number of aryl methyl sites for hydroxylation is 1. The van der Waals surface area contributed by atoms with Gasteiger partial charge in [-0.2, -0.15) is 0 Å². The van der Waals surface area contributed by atoms with E-state index in [2.05, 4.69) is 22.1 Å². The van der Waals surface area contributed by atoms with Gasteiger partial charge in [0.05, 0.1) is 18.4 Å². The molecule has 0 spiro atoms. The van der Waals surface area contributed by atoms with Gasteiger partial charge in [-0.05, 0) is 73.8 Å². The minimum atomic E-state index is 0.611. The quantitative estimate of drug-likeness (QED) is 0.402. The topological polar surface area (TPSA) is 73.2 Å². The van der Waals surface area contributed by atoms with Crippen LogP contribution in [0.1, 0.15) is 18.4 Å². The van der Waals surface area contributed by atoms with Gasteiger partial charge in [-0.25, -0.2) is 4.98 Å². The fraction of sp³-hybridized carbons (Fsp3) is 0.208. The molecule has 0 amide bonds. The van der Waals surface area contributed by atoms with E-state index in [1.165, 1.54) is 5.56 Å². The van der Waals surface area contributed by atoms with Gasteiger partial charge in [0.25, 0.3) is 0 Å². The standard InChI is InChI=1S/C24H25N3O2/c1-28-24-20(11-7-15-26-24)23-19(10-5-6-14-25)21-16-18(12-13-22(21)27-23)29-17-8-3-2-4-9-17/h2-4,7-9,11-13,15-16,27H,5-6,10,14,25H2,1H3. The van der Waals surface area contributed by atoms with Crippen molar-refractivity contribution < 1.29 is 9.47 Å². The summed E-state index contributed by atoms with van der Waals surface area (Å²) in [7, 11) is 1.65. The van der Waals surface area contributed by atoms with Crippen molar-refractivity contribution in [1.29, 1.82) is 0 Å². The Balaban J connectivity index is 1.79. The first-order valence-electron chi connectivity index (χ1n) is 9.87. The SMILES string of the molecule is COc1ncccc1-c1[nH]c2ccc(Oc3ccccc3)cc2c1CCCCN. The lowest BCUT2D eigenvalue weighted by atomic mass is 10.0. The molecule has 3 N–H and O–H groups in total. The molecule has 0 radical (unpaired) electrons. The predicted molar refractivity (Wildman–Crippen MR) is 117 cm³/mol. The molecule has 4 rings (SSSR count). The average Bonchev–Trinajstić information content (AvgIpc) is 3.12.